The highest BCUT2D eigenvalue weighted by molar-refractivity contribution is 5.36. The largest absolute Gasteiger partial charge is 0.433 e. The number of aromatic nitrogens is 3. The van der Waals surface area contributed by atoms with E-state index in [0.717, 1.165) is 6.07 Å². The number of hydrogen-bond donors (Lipinski definition) is 1. The number of halogens is 6. The summed E-state index contributed by atoms with van der Waals surface area (Å²) < 4.78 is 75.9. The minimum absolute atomic E-state index is 0.139. The molecule has 0 bridgehead atoms. The van der Waals surface area contributed by atoms with Crippen molar-refractivity contribution in [3.8, 4) is 5.82 Å². The third-order valence-corrected chi connectivity index (χ3v) is 2.59. The van der Waals surface area contributed by atoms with Gasteiger partial charge < -0.3 is 5.73 Å². The molecule has 0 radical (unpaired) electrons. The molecule has 2 heterocycles. The van der Waals surface area contributed by atoms with Gasteiger partial charge in [-0.05, 0) is 6.07 Å². The fourth-order valence-corrected chi connectivity index (χ4v) is 1.58. The lowest BCUT2D eigenvalue weighted by molar-refractivity contribution is -0.141. The topological polar surface area (TPSA) is 56.7 Å². The predicted octanol–water partition coefficient (Wildman–Crippen LogP) is 2.76. The Balaban J connectivity index is 2.54. The monoisotopic (exact) mass is 310 g/mol. The minimum atomic E-state index is -4.72. The van der Waals surface area contributed by atoms with Gasteiger partial charge in [-0.1, -0.05) is 6.07 Å². The van der Waals surface area contributed by atoms with Crippen LogP contribution in [0.5, 0.6) is 0 Å². The second-order valence-electron chi connectivity index (χ2n) is 4.05. The summed E-state index contributed by atoms with van der Waals surface area (Å²) in [6.07, 6.45) is -8.31. The molecule has 0 aromatic carbocycles. The summed E-state index contributed by atoms with van der Waals surface area (Å²) in [6, 6.07) is 1.76. The Morgan fingerprint density at radius 3 is 2.19 bits per heavy atom. The van der Waals surface area contributed by atoms with Crippen LogP contribution in [0.3, 0.4) is 0 Å². The van der Waals surface area contributed by atoms with Gasteiger partial charge in [-0.15, -0.1) is 0 Å². The van der Waals surface area contributed by atoms with Gasteiger partial charge in [0.2, 0.25) is 0 Å². The third kappa shape index (κ3) is 3.15. The van der Waals surface area contributed by atoms with E-state index in [1.807, 2.05) is 0 Å². The SMILES string of the molecule is NCc1ccc(C(F)(F)F)nc1-n1cc(C(F)(F)F)cn1. The Hall–Kier alpha value is -2.10. The van der Waals surface area contributed by atoms with Gasteiger partial charge in [-0.3, -0.25) is 0 Å². The van der Waals surface area contributed by atoms with Crippen molar-refractivity contribution in [1.82, 2.24) is 14.8 Å². The molecule has 0 unspecified atom stereocenters. The lowest BCUT2D eigenvalue weighted by Gasteiger charge is -2.11. The van der Waals surface area contributed by atoms with Gasteiger partial charge in [0.25, 0.3) is 0 Å². The average Bonchev–Trinajstić information content (AvgIpc) is 2.86. The first kappa shape index (κ1) is 15.3. The van der Waals surface area contributed by atoms with Crippen molar-refractivity contribution in [3.05, 3.63) is 41.3 Å². The summed E-state index contributed by atoms with van der Waals surface area (Å²) in [5.74, 6) is -0.386. The van der Waals surface area contributed by atoms with E-state index in [1.165, 1.54) is 0 Å². The van der Waals surface area contributed by atoms with Crippen LogP contribution in [0.25, 0.3) is 5.82 Å². The van der Waals surface area contributed by atoms with E-state index >= 15 is 0 Å². The molecule has 0 atom stereocenters. The molecular weight excluding hydrogens is 302 g/mol. The van der Waals surface area contributed by atoms with Crippen LogP contribution in [0.15, 0.2) is 24.5 Å². The standard InChI is InChI=1S/C11H8F6N4/c12-10(13,14)7-4-19-21(5-7)9-6(3-18)1-2-8(20-9)11(15,16)17/h1-2,4-5H,3,18H2. The number of nitrogens with zero attached hydrogens (tertiary/aromatic N) is 3. The highest BCUT2D eigenvalue weighted by Crippen LogP contribution is 2.31. The maximum atomic E-state index is 12.6. The van der Waals surface area contributed by atoms with Gasteiger partial charge in [0, 0.05) is 18.3 Å². The lowest BCUT2D eigenvalue weighted by Crippen LogP contribution is -2.14. The van der Waals surface area contributed by atoms with E-state index in [4.69, 9.17) is 5.73 Å². The Labute approximate surface area is 114 Å². The molecular formula is C11H8F6N4. The molecule has 0 amide bonds. The summed E-state index contributed by atoms with van der Waals surface area (Å²) in [5.41, 5.74) is 3.16. The van der Waals surface area contributed by atoms with Crippen LogP contribution in [-0.4, -0.2) is 14.8 Å². The first-order valence-electron chi connectivity index (χ1n) is 5.52. The Kier molecular flexibility index (Phi) is 3.66. The molecule has 2 N–H and O–H groups in total. The van der Waals surface area contributed by atoms with Gasteiger partial charge in [0.15, 0.2) is 5.82 Å². The van der Waals surface area contributed by atoms with E-state index in [9.17, 15) is 26.3 Å². The quantitative estimate of drug-likeness (QED) is 0.868. The molecule has 10 heteroatoms. The molecule has 2 aromatic heterocycles. The van der Waals surface area contributed by atoms with E-state index in [-0.39, 0.29) is 17.9 Å². The van der Waals surface area contributed by atoms with Crippen LogP contribution in [0, 0.1) is 0 Å². The molecule has 0 spiro atoms. The number of pyridine rings is 1. The van der Waals surface area contributed by atoms with Crippen LogP contribution in [0.4, 0.5) is 26.3 Å². The minimum Gasteiger partial charge on any atom is -0.326 e. The Morgan fingerprint density at radius 1 is 1.05 bits per heavy atom. The van der Waals surface area contributed by atoms with Gasteiger partial charge in [0.05, 0.1) is 11.8 Å². The fourth-order valence-electron chi connectivity index (χ4n) is 1.58. The van der Waals surface area contributed by atoms with Crippen molar-refractivity contribution in [2.45, 2.75) is 18.9 Å². The number of nitrogens with two attached hydrogens (primary N) is 1. The second-order valence-corrected chi connectivity index (χ2v) is 4.05. The van der Waals surface area contributed by atoms with Gasteiger partial charge in [-0.2, -0.15) is 31.4 Å². The lowest BCUT2D eigenvalue weighted by atomic mass is 10.2. The third-order valence-electron chi connectivity index (χ3n) is 2.59. The molecule has 0 saturated heterocycles. The molecule has 4 nitrogen and oxygen atoms in total. The molecule has 0 aliphatic rings. The van der Waals surface area contributed by atoms with Crippen molar-refractivity contribution in [1.29, 1.82) is 0 Å². The molecule has 21 heavy (non-hydrogen) atoms. The van der Waals surface area contributed by atoms with Gasteiger partial charge >= 0.3 is 12.4 Å². The smallest absolute Gasteiger partial charge is 0.326 e. The number of hydrogen-bond acceptors (Lipinski definition) is 3. The van der Waals surface area contributed by atoms with Crippen molar-refractivity contribution >= 4 is 0 Å². The van der Waals surface area contributed by atoms with Crippen molar-refractivity contribution < 1.29 is 26.3 Å². The summed E-state index contributed by atoms with van der Waals surface area (Å²) in [5, 5.41) is 3.40. The summed E-state index contributed by atoms with van der Waals surface area (Å²) in [7, 11) is 0. The van der Waals surface area contributed by atoms with Crippen LogP contribution in [-0.2, 0) is 18.9 Å². The highest BCUT2D eigenvalue weighted by Gasteiger charge is 2.34. The van der Waals surface area contributed by atoms with Crippen LogP contribution in [0.1, 0.15) is 16.8 Å². The van der Waals surface area contributed by atoms with Crippen molar-refractivity contribution in [2.75, 3.05) is 0 Å². The first-order chi connectivity index (χ1) is 9.63. The zero-order chi connectivity index (χ0) is 15.8. The van der Waals surface area contributed by atoms with Gasteiger partial charge in [0.1, 0.15) is 5.69 Å². The van der Waals surface area contributed by atoms with Crippen molar-refractivity contribution in [3.63, 3.8) is 0 Å². The van der Waals surface area contributed by atoms with E-state index in [2.05, 4.69) is 10.1 Å². The average molecular weight is 310 g/mol. The molecule has 114 valence electrons. The highest BCUT2D eigenvalue weighted by atomic mass is 19.4. The summed E-state index contributed by atoms with van der Waals surface area (Å²) in [4.78, 5) is 3.31. The van der Waals surface area contributed by atoms with Crippen molar-refractivity contribution in [2.24, 2.45) is 5.73 Å². The first-order valence-corrected chi connectivity index (χ1v) is 5.52. The Bertz CT molecular complexity index is 643. The van der Waals surface area contributed by atoms with Crippen LogP contribution in [0.2, 0.25) is 0 Å². The molecule has 0 saturated carbocycles. The summed E-state index contributed by atoms with van der Waals surface area (Å²) in [6.45, 7) is -0.193. The fraction of sp³-hybridized carbons (Fsp3) is 0.273. The van der Waals surface area contributed by atoms with Crippen LogP contribution < -0.4 is 5.73 Å². The number of alkyl halides is 6. The van der Waals surface area contributed by atoms with E-state index in [1.54, 1.807) is 0 Å². The zero-order valence-electron chi connectivity index (χ0n) is 10.2. The Morgan fingerprint density at radius 2 is 1.71 bits per heavy atom. The number of rotatable bonds is 2. The van der Waals surface area contributed by atoms with Crippen LogP contribution >= 0.6 is 0 Å². The molecule has 2 rings (SSSR count). The second kappa shape index (κ2) is 5.02. The zero-order valence-corrected chi connectivity index (χ0v) is 10.2. The molecule has 0 aliphatic heterocycles. The summed E-state index contributed by atoms with van der Waals surface area (Å²) >= 11 is 0. The van der Waals surface area contributed by atoms with E-state index < -0.39 is 23.6 Å². The molecule has 2 aromatic rings. The maximum Gasteiger partial charge on any atom is 0.433 e. The van der Waals surface area contributed by atoms with E-state index in [0.29, 0.717) is 23.1 Å². The molecule has 0 aliphatic carbocycles. The normalized spacial score (nSPS) is 12.7. The predicted molar refractivity (Wildman–Crippen MR) is 59.3 cm³/mol. The maximum absolute atomic E-state index is 12.6. The molecule has 0 fully saturated rings. The van der Waals surface area contributed by atoms with Gasteiger partial charge in [-0.25, -0.2) is 9.67 Å².